The highest BCUT2D eigenvalue weighted by atomic mass is 16.6. The van der Waals surface area contributed by atoms with E-state index < -0.39 is 6.10 Å². The number of unbranched alkanes of at least 4 members (excludes halogenated alkanes) is 31. The number of esters is 3. The van der Waals surface area contributed by atoms with Gasteiger partial charge in [-0.2, -0.15) is 0 Å². The highest BCUT2D eigenvalue weighted by molar-refractivity contribution is 5.71. The molecule has 1 unspecified atom stereocenters. The third-order valence-corrected chi connectivity index (χ3v) is 13.4. The number of hydrogen-bond acceptors (Lipinski definition) is 6. The van der Waals surface area contributed by atoms with Crippen LogP contribution in [0.5, 0.6) is 0 Å². The van der Waals surface area contributed by atoms with Crippen LogP contribution in [-0.4, -0.2) is 37.2 Å². The zero-order chi connectivity index (χ0) is 52.9. The predicted molar refractivity (Wildman–Crippen MR) is 316 cm³/mol. The quantitative estimate of drug-likeness (QED) is 0.0261. The van der Waals surface area contributed by atoms with Gasteiger partial charge in [-0.25, -0.2) is 0 Å². The van der Waals surface area contributed by atoms with Gasteiger partial charge in [-0.05, 0) is 109 Å². The third kappa shape index (κ3) is 59.3. The van der Waals surface area contributed by atoms with Gasteiger partial charge in [0.1, 0.15) is 13.2 Å². The largest absolute Gasteiger partial charge is 0.462 e. The van der Waals surface area contributed by atoms with E-state index in [9.17, 15) is 14.4 Å². The first-order valence-corrected chi connectivity index (χ1v) is 31.1. The molecule has 0 aromatic heterocycles. The summed E-state index contributed by atoms with van der Waals surface area (Å²) in [5.74, 6) is -0.956. The van der Waals surface area contributed by atoms with Gasteiger partial charge in [-0.15, -0.1) is 0 Å². The summed E-state index contributed by atoms with van der Waals surface area (Å²) < 4.78 is 16.9. The zero-order valence-corrected chi connectivity index (χ0v) is 48.1. The van der Waals surface area contributed by atoms with Crippen molar-refractivity contribution in [3.63, 3.8) is 0 Å². The maximum atomic E-state index is 12.9. The Hall–Kier alpha value is -3.41. The molecule has 0 saturated heterocycles. The Balaban J connectivity index is 4.45. The van der Waals surface area contributed by atoms with E-state index in [2.05, 4.69) is 106 Å². The van der Waals surface area contributed by atoms with Gasteiger partial charge in [0.15, 0.2) is 6.10 Å². The van der Waals surface area contributed by atoms with Crippen LogP contribution in [-0.2, 0) is 28.6 Å². The molecule has 0 rings (SSSR count). The first-order valence-electron chi connectivity index (χ1n) is 31.1. The van der Waals surface area contributed by atoms with Gasteiger partial charge in [0.05, 0.1) is 0 Å². The Morgan fingerprint density at radius 2 is 0.548 bits per heavy atom. The van der Waals surface area contributed by atoms with Crippen molar-refractivity contribution in [3.8, 4) is 0 Å². The lowest BCUT2D eigenvalue weighted by atomic mass is 10.1. The van der Waals surface area contributed by atoms with E-state index in [1.165, 1.54) is 180 Å². The molecule has 0 aliphatic heterocycles. The summed E-state index contributed by atoms with van der Waals surface area (Å²) in [6, 6.07) is 0. The second kappa shape index (κ2) is 61.1. The van der Waals surface area contributed by atoms with Crippen LogP contribution in [0.3, 0.4) is 0 Å². The molecule has 0 radical (unpaired) electrons. The maximum absolute atomic E-state index is 12.9. The van der Waals surface area contributed by atoms with Crippen LogP contribution in [0.2, 0.25) is 0 Å². The van der Waals surface area contributed by atoms with Crippen molar-refractivity contribution in [3.05, 3.63) is 85.1 Å². The number of hydrogen-bond donors (Lipinski definition) is 0. The van der Waals surface area contributed by atoms with Gasteiger partial charge in [0, 0.05) is 19.3 Å². The molecule has 6 heteroatoms. The average Bonchev–Trinajstić information content (AvgIpc) is 3.39. The molecule has 0 heterocycles. The molecule has 0 bridgehead atoms. The lowest BCUT2D eigenvalue weighted by Crippen LogP contribution is -2.30. The number of ether oxygens (including phenoxy) is 3. The molecular formula is C67H116O6. The second-order valence-corrected chi connectivity index (χ2v) is 20.6. The molecule has 6 nitrogen and oxygen atoms in total. The minimum Gasteiger partial charge on any atom is -0.462 e. The van der Waals surface area contributed by atoms with Crippen molar-refractivity contribution in [2.45, 2.75) is 309 Å². The van der Waals surface area contributed by atoms with Gasteiger partial charge in [-0.3, -0.25) is 14.4 Å². The average molecular weight is 1020 g/mol. The number of allylic oxidation sites excluding steroid dienone is 14. The summed E-state index contributed by atoms with van der Waals surface area (Å²) in [6.45, 7) is 6.50. The van der Waals surface area contributed by atoms with E-state index >= 15 is 0 Å². The Morgan fingerprint density at radius 1 is 0.288 bits per heavy atom. The summed E-state index contributed by atoms with van der Waals surface area (Å²) >= 11 is 0. The minimum absolute atomic E-state index is 0.0974. The molecule has 1 atom stereocenters. The molecule has 0 aromatic rings. The van der Waals surface area contributed by atoms with Gasteiger partial charge in [0.25, 0.3) is 0 Å². The van der Waals surface area contributed by atoms with Gasteiger partial charge in [-0.1, -0.05) is 260 Å². The molecule has 420 valence electrons. The summed E-state index contributed by atoms with van der Waals surface area (Å²) in [4.78, 5) is 38.3. The SMILES string of the molecule is CC/C=C\C/C=C\C/C=C\C/C=C\C/C=C\CCCC(=O)OCC(COC(=O)CCCCCCCCC/C=C\CCCCCCCCCC)OC(=O)CCCCCCCCC/C=C\CCCCCCCCCC. The molecule has 0 amide bonds. The molecule has 0 aliphatic rings. The molecule has 0 spiro atoms. The van der Waals surface area contributed by atoms with E-state index in [4.69, 9.17) is 14.2 Å². The molecule has 0 N–H and O–H groups in total. The van der Waals surface area contributed by atoms with Crippen molar-refractivity contribution in [2.24, 2.45) is 0 Å². The zero-order valence-electron chi connectivity index (χ0n) is 48.1. The highest BCUT2D eigenvalue weighted by Crippen LogP contribution is 2.15. The minimum atomic E-state index is -0.805. The maximum Gasteiger partial charge on any atom is 0.306 e. The monoisotopic (exact) mass is 1020 g/mol. The van der Waals surface area contributed by atoms with E-state index in [-0.39, 0.29) is 37.5 Å². The van der Waals surface area contributed by atoms with Crippen LogP contribution in [0.25, 0.3) is 0 Å². The van der Waals surface area contributed by atoms with Crippen molar-refractivity contribution in [2.75, 3.05) is 13.2 Å². The first-order chi connectivity index (χ1) is 36.0. The number of rotatable bonds is 56. The van der Waals surface area contributed by atoms with Gasteiger partial charge in [0.2, 0.25) is 0 Å². The lowest BCUT2D eigenvalue weighted by Gasteiger charge is -2.18. The van der Waals surface area contributed by atoms with Gasteiger partial charge < -0.3 is 14.2 Å². The summed E-state index contributed by atoms with van der Waals surface area (Å²) in [7, 11) is 0. The predicted octanol–water partition coefficient (Wildman–Crippen LogP) is 21.1. The smallest absolute Gasteiger partial charge is 0.306 e. The van der Waals surface area contributed by atoms with E-state index in [0.29, 0.717) is 19.3 Å². The van der Waals surface area contributed by atoms with Crippen molar-refractivity contribution in [1.82, 2.24) is 0 Å². The number of carbonyl (C=O) groups is 3. The summed E-state index contributed by atoms with van der Waals surface area (Å²) in [5.41, 5.74) is 0. The fraction of sp³-hybridized carbons (Fsp3) is 0.746. The van der Waals surface area contributed by atoms with Crippen molar-refractivity contribution >= 4 is 17.9 Å². The normalized spacial score (nSPS) is 12.6. The number of carbonyl (C=O) groups excluding carboxylic acids is 3. The van der Waals surface area contributed by atoms with Crippen LogP contribution in [0.15, 0.2) is 85.1 Å². The van der Waals surface area contributed by atoms with Gasteiger partial charge >= 0.3 is 17.9 Å². The highest BCUT2D eigenvalue weighted by Gasteiger charge is 2.19. The molecule has 0 aliphatic carbocycles. The Kier molecular flexibility index (Phi) is 58.3. The molecular weight excluding hydrogens is 901 g/mol. The van der Waals surface area contributed by atoms with Crippen molar-refractivity contribution in [1.29, 1.82) is 0 Å². The van der Waals surface area contributed by atoms with E-state index in [1.807, 2.05) is 0 Å². The topological polar surface area (TPSA) is 78.9 Å². The molecule has 73 heavy (non-hydrogen) atoms. The van der Waals surface area contributed by atoms with E-state index in [1.54, 1.807) is 0 Å². The molecule has 0 aromatic carbocycles. The fourth-order valence-electron chi connectivity index (χ4n) is 8.70. The Labute approximate surface area is 452 Å². The summed E-state index contributed by atoms with van der Waals surface area (Å²) in [6.07, 6.45) is 80.2. The standard InChI is InChI=1S/C67H116O6/c1-4-7-10-13-16-19-22-25-28-31-33-36-39-42-45-48-51-54-57-60-66(69)72-63-64(62-71-65(68)59-56-53-50-47-44-41-38-35-30-27-24-21-18-15-12-9-6-3)73-67(70)61-58-55-52-49-46-43-40-37-34-32-29-26-23-20-17-14-11-8-5-2/h9,12,18,21,27,30-34,38,41,47,50,64H,4-8,10-11,13-17,19-20,22-26,28-29,35-37,39-40,42-46,48-49,51-63H2,1-3H3/b12-9-,21-18-,30-27-,33-31-,34-32-,41-38-,50-47-. The second-order valence-electron chi connectivity index (χ2n) is 20.6. The van der Waals surface area contributed by atoms with E-state index in [0.717, 1.165) is 77.0 Å². The van der Waals surface area contributed by atoms with Crippen LogP contribution in [0.4, 0.5) is 0 Å². The van der Waals surface area contributed by atoms with Crippen molar-refractivity contribution < 1.29 is 28.6 Å². The Bertz CT molecular complexity index is 1400. The van der Waals surface area contributed by atoms with Crippen LogP contribution in [0, 0.1) is 0 Å². The third-order valence-electron chi connectivity index (χ3n) is 13.4. The molecule has 0 fully saturated rings. The van der Waals surface area contributed by atoms with Crippen LogP contribution in [0.1, 0.15) is 303 Å². The first kappa shape index (κ1) is 69.6. The Morgan fingerprint density at radius 3 is 0.904 bits per heavy atom. The summed E-state index contributed by atoms with van der Waals surface area (Å²) in [5, 5.41) is 0. The lowest BCUT2D eigenvalue weighted by molar-refractivity contribution is -0.167. The molecule has 0 saturated carbocycles. The van der Waals surface area contributed by atoms with Crippen LogP contribution < -0.4 is 0 Å². The van der Waals surface area contributed by atoms with Crippen LogP contribution >= 0.6 is 0 Å². The fourth-order valence-corrected chi connectivity index (χ4v) is 8.70.